The molecular weight excluding hydrogens is 380 g/mol. The number of nitrogens with one attached hydrogen (secondary N) is 2. The van der Waals surface area contributed by atoms with Crippen LogP contribution in [0.25, 0.3) is 0 Å². The Morgan fingerprint density at radius 3 is 2.13 bits per heavy atom. The van der Waals surface area contributed by atoms with Crippen molar-refractivity contribution >= 4 is 17.3 Å². The monoisotopic (exact) mass is 413 g/mol. The molecule has 30 heavy (non-hydrogen) atoms. The van der Waals surface area contributed by atoms with Gasteiger partial charge in [-0.1, -0.05) is 0 Å². The molecule has 1 aromatic carbocycles. The molecule has 5 aliphatic rings. The lowest BCUT2D eigenvalue weighted by atomic mass is 9.53. The van der Waals surface area contributed by atoms with Crippen LogP contribution in [0.5, 0.6) is 0 Å². The largest absolute Gasteiger partial charge is 0.360 e. The van der Waals surface area contributed by atoms with E-state index in [4.69, 9.17) is 0 Å². The number of carbonyl (C=O) groups is 1. The quantitative estimate of drug-likeness (QED) is 0.570. The predicted molar refractivity (Wildman–Crippen MR) is 115 cm³/mol. The number of nitrogens with zero attached hydrogens (tertiary/aromatic N) is 2. The Morgan fingerprint density at radius 1 is 1.10 bits per heavy atom. The van der Waals surface area contributed by atoms with E-state index in [2.05, 4.69) is 17.1 Å². The number of nitro groups is 1. The fourth-order valence-electron chi connectivity index (χ4n) is 7.09. The van der Waals surface area contributed by atoms with Crippen molar-refractivity contribution in [3.8, 4) is 0 Å². The van der Waals surface area contributed by atoms with Gasteiger partial charge in [-0.2, -0.15) is 0 Å². The van der Waals surface area contributed by atoms with Crippen LogP contribution in [0, 0.1) is 27.9 Å². The van der Waals surface area contributed by atoms with Gasteiger partial charge in [0.1, 0.15) is 0 Å². The Hall–Kier alpha value is -2.15. The molecule has 1 heterocycles. The highest BCUT2D eigenvalue weighted by molar-refractivity contribution is 5.80. The molecule has 5 fully saturated rings. The van der Waals surface area contributed by atoms with E-state index >= 15 is 0 Å². The van der Waals surface area contributed by atoms with Crippen LogP contribution in [0.15, 0.2) is 24.3 Å². The molecular formula is C23H33N4O3+. The van der Waals surface area contributed by atoms with E-state index in [1.165, 1.54) is 43.4 Å². The zero-order valence-electron chi connectivity index (χ0n) is 17.8. The standard InChI is InChI=1S/C23H32N4O3/c1-16(22(28)24-23-13-17-10-18(14-23)12-19(11-17)15-23)25-6-8-26(9-7-25)20-2-4-21(5-3-20)27(29)30/h2-5,16-19H,6-15H2,1H3,(H,24,28)/p+1/t16-,17?,18?,19?,23?/m0/s1. The van der Waals surface area contributed by atoms with Crippen molar-refractivity contribution in [2.24, 2.45) is 17.8 Å². The molecule has 7 heteroatoms. The minimum Gasteiger partial charge on any atom is -0.360 e. The number of hydrogen-bond donors (Lipinski definition) is 2. The Labute approximate surface area is 177 Å². The Bertz CT molecular complexity index is 781. The molecule has 1 aromatic rings. The highest BCUT2D eigenvalue weighted by atomic mass is 16.6. The molecule has 0 spiro atoms. The van der Waals surface area contributed by atoms with E-state index in [0.717, 1.165) is 49.6 Å². The summed E-state index contributed by atoms with van der Waals surface area (Å²) in [5.74, 6) is 2.74. The van der Waals surface area contributed by atoms with Gasteiger partial charge in [0.25, 0.3) is 11.6 Å². The maximum absolute atomic E-state index is 13.2. The van der Waals surface area contributed by atoms with Gasteiger partial charge < -0.3 is 15.1 Å². The van der Waals surface area contributed by atoms with Gasteiger partial charge in [-0.15, -0.1) is 0 Å². The zero-order valence-corrected chi connectivity index (χ0v) is 17.8. The third-order valence-corrected chi connectivity index (χ3v) is 8.26. The van der Waals surface area contributed by atoms with Crippen molar-refractivity contribution in [3.05, 3.63) is 34.4 Å². The van der Waals surface area contributed by atoms with Crippen molar-refractivity contribution in [2.45, 2.75) is 57.0 Å². The van der Waals surface area contributed by atoms with Gasteiger partial charge in [0.2, 0.25) is 0 Å². The smallest absolute Gasteiger partial charge is 0.278 e. The second-order valence-electron chi connectivity index (χ2n) is 10.3. The molecule has 1 atom stereocenters. The van der Waals surface area contributed by atoms with Crippen LogP contribution in [0.2, 0.25) is 0 Å². The number of non-ortho nitro benzene ring substituents is 1. The molecule has 0 aromatic heterocycles. The molecule has 1 amide bonds. The van der Waals surface area contributed by atoms with Crippen molar-refractivity contribution in [3.63, 3.8) is 0 Å². The summed E-state index contributed by atoms with van der Waals surface area (Å²) in [5.41, 5.74) is 1.23. The average molecular weight is 414 g/mol. The first-order valence-electron chi connectivity index (χ1n) is 11.6. The van der Waals surface area contributed by atoms with Crippen LogP contribution in [0.1, 0.15) is 45.4 Å². The summed E-state index contributed by atoms with van der Waals surface area (Å²) >= 11 is 0. The lowest BCUT2D eigenvalue weighted by Gasteiger charge is -2.57. The van der Waals surface area contributed by atoms with Crippen molar-refractivity contribution in [2.75, 3.05) is 31.1 Å². The molecule has 4 aliphatic carbocycles. The Morgan fingerprint density at radius 2 is 1.63 bits per heavy atom. The second-order valence-corrected chi connectivity index (χ2v) is 10.3. The summed E-state index contributed by atoms with van der Waals surface area (Å²) in [4.78, 5) is 27.3. The van der Waals surface area contributed by atoms with Crippen LogP contribution in [-0.2, 0) is 4.79 Å². The predicted octanol–water partition coefficient (Wildman–Crippen LogP) is 1.77. The number of amides is 1. The molecule has 4 bridgehead atoms. The normalized spacial score (nSPS) is 34.0. The Kier molecular flexibility index (Phi) is 4.96. The number of hydrogen-bond acceptors (Lipinski definition) is 4. The summed E-state index contributed by atoms with van der Waals surface area (Å²) in [7, 11) is 0. The van der Waals surface area contributed by atoms with Gasteiger partial charge in [-0.05, 0) is 75.3 Å². The number of nitro benzene ring substituents is 1. The lowest BCUT2D eigenvalue weighted by Crippen LogP contribution is -3.19. The summed E-state index contributed by atoms with van der Waals surface area (Å²) in [6, 6.07) is 6.75. The van der Waals surface area contributed by atoms with Crippen LogP contribution < -0.4 is 15.1 Å². The van der Waals surface area contributed by atoms with Crippen molar-refractivity contribution in [1.82, 2.24) is 5.32 Å². The van der Waals surface area contributed by atoms with E-state index in [0.29, 0.717) is 0 Å². The van der Waals surface area contributed by atoms with Gasteiger partial charge in [-0.25, -0.2) is 0 Å². The van der Waals surface area contributed by atoms with Crippen molar-refractivity contribution < 1.29 is 14.6 Å². The fraction of sp³-hybridized carbons (Fsp3) is 0.696. The molecule has 0 radical (unpaired) electrons. The van der Waals surface area contributed by atoms with Crippen molar-refractivity contribution in [1.29, 1.82) is 0 Å². The molecule has 162 valence electrons. The van der Waals surface area contributed by atoms with Gasteiger partial charge in [-0.3, -0.25) is 14.9 Å². The lowest BCUT2D eigenvalue weighted by molar-refractivity contribution is -0.914. The van der Waals surface area contributed by atoms with Crippen LogP contribution in [0.4, 0.5) is 11.4 Å². The topological polar surface area (TPSA) is 79.9 Å². The van der Waals surface area contributed by atoms with Crippen LogP contribution in [0.3, 0.4) is 0 Å². The molecule has 1 aliphatic heterocycles. The number of quaternary nitrogens is 1. The summed E-state index contributed by atoms with van der Waals surface area (Å²) in [6.07, 6.45) is 7.75. The summed E-state index contributed by atoms with van der Waals surface area (Å²) < 4.78 is 0. The minimum atomic E-state index is -0.365. The number of carbonyl (C=O) groups excluding carboxylic acids is 1. The van der Waals surface area contributed by atoms with Gasteiger partial charge >= 0.3 is 0 Å². The zero-order chi connectivity index (χ0) is 20.9. The molecule has 2 N–H and O–H groups in total. The SMILES string of the molecule is C[C@@H](C(=O)NC12CC3CC(CC(C3)C1)C2)[NH+]1CCN(c2ccc([N+](=O)[O-])cc2)CC1. The second kappa shape index (κ2) is 7.52. The highest BCUT2D eigenvalue weighted by Gasteiger charge is 2.52. The minimum absolute atomic E-state index is 0.0305. The first-order valence-corrected chi connectivity index (χ1v) is 11.6. The average Bonchev–Trinajstić information content (AvgIpc) is 2.72. The summed E-state index contributed by atoms with van der Waals surface area (Å²) in [5, 5.41) is 14.4. The maximum atomic E-state index is 13.2. The molecule has 1 saturated heterocycles. The van der Waals surface area contributed by atoms with Gasteiger partial charge in [0.05, 0.1) is 31.1 Å². The van der Waals surface area contributed by atoms with Gasteiger partial charge in [0.15, 0.2) is 6.04 Å². The van der Waals surface area contributed by atoms with E-state index in [1.54, 1.807) is 12.1 Å². The number of piperazine rings is 1. The van der Waals surface area contributed by atoms with Gasteiger partial charge in [0, 0.05) is 23.4 Å². The first-order chi connectivity index (χ1) is 14.4. The van der Waals surface area contributed by atoms with Crippen LogP contribution >= 0.6 is 0 Å². The number of benzene rings is 1. The van der Waals surface area contributed by atoms with Crippen LogP contribution in [-0.4, -0.2) is 48.6 Å². The summed E-state index contributed by atoms with van der Waals surface area (Å²) in [6.45, 7) is 5.62. The molecule has 7 nitrogen and oxygen atoms in total. The number of anilines is 1. The fourth-order valence-corrected chi connectivity index (χ4v) is 7.09. The number of rotatable bonds is 5. The maximum Gasteiger partial charge on any atom is 0.278 e. The molecule has 4 saturated carbocycles. The van der Waals surface area contributed by atoms with E-state index in [9.17, 15) is 14.9 Å². The third-order valence-electron chi connectivity index (χ3n) is 8.26. The molecule has 0 unspecified atom stereocenters. The van der Waals surface area contributed by atoms with E-state index < -0.39 is 0 Å². The third kappa shape index (κ3) is 3.68. The van der Waals surface area contributed by atoms with E-state index in [-0.39, 0.29) is 28.1 Å². The Balaban J connectivity index is 1.16. The highest BCUT2D eigenvalue weighted by Crippen LogP contribution is 2.55. The van der Waals surface area contributed by atoms with E-state index in [1.807, 2.05) is 12.1 Å². The first kappa shape index (κ1) is 19.8. The molecule has 6 rings (SSSR count).